The molecule has 4 heteroatoms. The van der Waals surface area contributed by atoms with Crippen LogP contribution < -0.4 is 5.73 Å². The summed E-state index contributed by atoms with van der Waals surface area (Å²) in [4.78, 5) is 1.50. The van der Waals surface area contributed by atoms with Crippen molar-refractivity contribution in [2.45, 2.75) is 19.5 Å². The first-order valence-electron chi connectivity index (χ1n) is 2.96. The van der Waals surface area contributed by atoms with Gasteiger partial charge in [0.15, 0.2) is 0 Å². The summed E-state index contributed by atoms with van der Waals surface area (Å²) >= 11 is 0. The van der Waals surface area contributed by atoms with Gasteiger partial charge in [-0.3, -0.25) is 0 Å². The third kappa shape index (κ3) is 1.26. The zero-order valence-electron chi connectivity index (χ0n) is 5.36. The van der Waals surface area contributed by atoms with E-state index in [1.165, 1.54) is 4.80 Å². The van der Waals surface area contributed by atoms with Crippen molar-refractivity contribution in [3.63, 3.8) is 0 Å². The first-order chi connectivity index (χ1) is 4.34. The van der Waals surface area contributed by atoms with Crippen molar-refractivity contribution >= 4 is 0 Å². The minimum absolute atomic E-state index is 0.0694. The summed E-state index contributed by atoms with van der Waals surface area (Å²) in [5.74, 6) is 0. The van der Waals surface area contributed by atoms with E-state index >= 15 is 0 Å². The van der Waals surface area contributed by atoms with E-state index in [0.29, 0.717) is 0 Å². The summed E-state index contributed by atoms with van der Waals surface area (Å²) in [5, 5.41) is 7.74. The standard InChI is InChI=1S/C5H10N4/c1-2-5(6)9-7-3-4-8-9/h3-5H,2,6H2,1H3. The van der Waals surface area contributed by atoms with Gasteiger partial charge in [-0.1, -0.05) is 6.92 Å². The Morgan fingerprint density at radius 1 is 1.56 bits per heavy atom. The smallest absolute Gasteiger partial charge is 0.118 e. The van der Waals surface area contributed by atoms with Crippen molar-refractivity contribution in [1.29, 1.82) is 0 Å². The molecule has 0 bridgehead atoms. The van der Waals surface area contributed by atoms with Gasteiger partial charge in [0, 0.05) is 0 Å². The molecule has 1 aromatic rings. The van der Waals surface area contributed by atoms with Crippen molar-refractivity contribution in [2.24, 2.45) is 5.73 Å². The zero-order valence-corrected chi connectivity index (χ0v) is 5.36. The fourth-order valence-corrected chi connectivity index (χ4v) is 0.561. The molecular formula is C5H10N4. The number of hydrogen-bond acceptors (Lipinski definition) is 3. The summed E-state index contributed by atoms with van der Waals surface area (Å²) in [6, 6.07) is 0. The van der Waals surface area contributed by atoms with Gasteiger partial charge in [-0.2, -0.15) is 15.0 Å². The van der Waals surface area contributed by atoms with E-state index in [-0.39, 0.29) is 6.17 Å². The molecule has 1 heterocycles. The van der Waals surface area contributed by atoms with Crippen LogP contribution in [-0.2, 0) is 0 Å². The van der Waals surface area contributed by atoms with Crippen LogP contribution in [0.1, 0.15) is 19.5 Å². The average molecular weight is 126 g/mol. The van der Waals surface area contributed by atoms with Crippen LogP contribution in [0, 0.1) is 0 Å². The van der Waals surface area contributed by atoms with E-state index in [1.807, 2.05) is 6.92 Å². The van der Waals surface area contributed by atoms with Gasteiger partial charge >= 0.3 is 0 Å². The van der Waals surface area contributed by atoms with Gasteiger partial charge in [0.25, 0.3) is 0 Å². The van der Waals surface area contributed by atoms with Gasteiger partial charge in [-0.05, 0) is 6.42 Å². The summed E-state index contributed by atoms with van der Waals surface area (Å²) in [6.45, 7) is 1.99. The zero-order chi connectivity index (χ0) is 6.69. The fourth-order valence-electron chi connectivity index (χ4n) is 0.561. The fraction of sp³-hybridized carbons (Fsp3) is 0.600. The molecule has 1 aromatic heterocycles. The maximum Gasteiger partial charge on any atom is 0.118 e. The molecule has 1 atom stereocenters. The first kappa shape index (κ1) is 6.22. The van der Waals surface area contributed by atoms with E-state index < -0.39 is 0 Å². The molecule has 0 radical (unpaired) electrons. The molecule has 0 saturated heterocycles. The van der Waals surface area contributed by atoms with Crippen molar-refractivity contribution in [2.75, 3.05) is 0 Å². The number of nitrogens with two attached hydrogens (primary N) is 1. The minimum atomic E-state index is -0.0694. The number of hydrogen-bond donors (Lipinski definition) is 1. The normalized spacial score (nSPS) is 13.6. The Balaban J connectivity index is 2.65. The molecule has 0 amide bonds. The van der Waals surface area contributed by atoms with E-state index in [9.17, 15) is 0 Å². The second-order valence-electron chi connectivity index (χ2n) is 1.83. The lowest BCUT2D eigenvalue weighted by Crippen LogP contribution is -2.19. The summed E-state index contributed by atoms with van der Waals surface area (Å²) in [7, 11) is 0. The number of aromatic nitrogens is 3. The Hall–Kier alpha value is -0.900. The van der Waals surface area contributed by atoms with Gasteiger partial charge in [0.05, 0.1) is 12.4 Å². The molecule has 0 aliphatic rings. The highest BCUT2D eigenvalue weighted by atomic mass is 15.5. The average Bonchev–Trinajstić information content (AvgIpc) is 2.37. The SMILES string of the molecule is CCC(N)n1nccn1. The molecule has 0 aliphatic carbocycles. The van der Waals surface area contributed by atoms with Crippen LogP contribution >= 0.6 is 0 Å². The molecule has 50 valence electrons. The third-order valence-electron chi connectivity index (χ3n) is 1.15. The van der Waals surface area contributed by atoms with Crippen molar-refractivity contribution in [1.82, 2.24) is 15.0 Å². The topological polar surface area (TPSA) is 56.7 Å². The number of nitrogens with zero attached hydrogens (tertiary/aromatic N) is 3. The first-order valence-corrected chi connectivity index (χ1v) is 2.96. The van der Waals surface area contributed by atoms with Crippen LogP contribution in [0.2, 0.25) is 0 Å². The monoisotopic (exact) mass is 126 g/mol. The highest BCUT2D eigenvalue weighted by Crippen LogP contribution is 1.95. The van der Waals surface area contributed by atoms with Gasteiger partial charge in [-0.15, -0.1) is 0 Å². The third-order valence-corrected chi connectivity index (χ3v) is 1.15. The largest absolute Gasteiger partial charge is 0.308 e. The molecule has 9 heavy (non-hydrogen) atoms. The van der Waals surface area contributed by atoms with Crippen LogP contribution in [0.4, 0.5) is 0 Å². The van der Waals surface area contributed by atoms with E-state index in [4.69, 9.17) is 5.73 Å². The second kappa shape index (κ2) is 2.59. The van der Waals surface area contributed by atoms with Crippen LogP contribution in [-0.4, -0.2) is 15.0 Å². The van der Waals surface area contributed by atoms with E-state index in [2.05, 4.69) is 10.2 Å². The summed E-state index contributed by atoms with van der Waals surface area (Å²) < 4.78 is 0. The molecule has 0 aromatic carbocycles. The Morgan fingerprint density at radius 3 is 2.56 bits per heavy atom. The number of rotatable bonds is 2. The van der Waals surface area contributed by atoms with Crippen molar-refractivity contribution < 1.29 is 0 Å². The Bertz CT molecular complexity index is 157. The lowest BCUT2D eigenvalue weighted by molar-refractivity contribution is 0.405. The summed E-state index contributed by atoms with van der Waals surface area (Å²) in [6.07, 6.45) is 4.03. The Morgan fingerprint density at radius 2 is 2.11 bits per heavy atom. The molecule has 1 unspecified atom stereocenters. The lowest BCUT2D eigenvalue weighted by Gasteiger charge is -2.04. The Labute approximate surface area is 53.7 Å². The van der Waals surface area contributed by atoms with Gasteiger partial charge in [-0.25, -0.2) is 0 Å². The molecule has 1 rings (SSSR count). The van der Waals surface area contributed by atoms with Gasteiger partial charge in [0.1, 0.15) is 6.17 Å². The van der Waals surface area contributed by atoms with Crippen LogP contribution in [0.25, 0.3) is 0 Å². The predicted molar refractivity (Wildman–Crippen MR) is 33.5 cm³/mol. The predicted octanol–water partition coefficient (Wildman–Crippen LogP) is 0.145. The maximum atomic E-state index is 5.58. The van der Waals surface area contributed by atoms with E-state index in [0.717, 1.165) is 6.42 Å². The van der Waals surface area contributed by atoms with Crippen LogP contribution in [0.5, 0.6) is 0 Å². The molecule has 0 aliphatic heterocycles. The molecule has 0 spiro atoms. The van der Waals surface area contributed by atoms with Crippen molar-refractivity contribution in [3.05, 3.63) is 12.4 Å². The minimum Gasteiger partial charge on any atom is -0.308 e. The maximum absolute atomic E-state index is 5.58. The molecule has 2 N–H and O–H groups in total. The van der Waals surface area contributed by atoms with Gasteiger partial charge < -0.3 is 5.73 Å². The van der Waals surface area contributed by atoms with Crippen LogP contribution in [0.3, 0.4) is 0 Å². The summed E-state index contributed by atoms with van der Waals surface area (Å²) in [5.41, 5.74) is 5.58. The highest BCUT2D eigenvalue weighted by molar-refractivity contribution is 4.62. The second-order valence-corrected chi connectivity index (χ2v) is 1.83. The highest BCUT2D eigenvalue weighted by Gasteiger charge is 1.99. The lowest BCUT2D eigenvalue weighted by atomic mass is 10.4. The van der Waals surface area contributed by atoms with Crippen LogP contribution in [0.15, 0.2) is 12.4 Å². The molecule has 0 fully saturated rings. The van der Waals surface area contributed by atoms with Gasteiger partial charge in [0.2, 0.25) is 0 Å². The van der Waals surface area contributed by atoms with E-state index in [1.54, 1.807) is 12.4 Å². The van der Waals surface area contributed by atoms with Crippen molar-refractivity contribution in [3.8, 4) is 0 Å². The quantitative estimate of drug-likeness (QED) is 0.613. The molecular weight excluding hydrogens is 116 g/mol. The molecule has 4 nitrogen and oxygen atoms in total. The Kier molecular flexibility index (Phi) is 1.79. The molecule has 0 saturated carbocycles.